The lowest BCUT2D eigenvalue weighted by atomic mass is 10.1. The van der Waals surface area contributed by atoms with Gasteiger partial charge in [-0.15, -0.1) is 0 Å². The normalized spacial score (nSPS) is 14.6. The van der Waals surface area contributed by atoms with Crippen molar-refractivity contribution < 1.29 is 27.4 Å². The molecule has 1 heterocycles. The number of anilines is 1. The van der Waals surface area contributed by atoms with Crippen molar-refractivity contribution in [2.45, 2.75) is 37.5 Å². The fourth-order valence-corrected chi connectivity index (χ4v) is 5.36. The van der Waals surface area contributed by atoms with Crippen LogP contribution in [0.3, 0.4) is 0 Å². The summed E-state index contributed by atoms with van der Waals surface area (Å²) >= 11 is 0. The van der Waals surface area contributed by atoms with Gasteiger partial charge in [0.05, 0.1) is 27.2 Å². The molecular weight excluding hydrogens is 432 g/mol. The molecule has 0 bridgehead atoms. The largest absolute Gasteiger partial charge is 0.493 e. The Hall–Kier alpha value is -2.78. The van der Waals surface area contributed by atoms with Crippen molar-refractivity contribution >= 4 is 21.6 Å². The second-order valence-corrected chi connectivity index (χ2v) is 9.38. The Morgan fingerprint density at radius 1 is 0.969 bits per heavy atom. The molecule has 0 aromatic heterocycles. The van der Waals surface area contributed by atoms with Crippen molar-refractivity contribution in [3.63, 3.8) is 0 Å². The van der Waals surface area contributed by atoms with Crippen LogP contribution in [0.25, 0.3) is 0 Å². The third-order valence-electron chi connectivity index (χ3n) is 5.27. The van der Waals surface area contributed by atoms with Crippen LogP contribution in [0.1, 0.15) is 31.7 Å². The molecule has 1 aliphatic rings. The Balaban J connectivity index is 1.81. The van der Waals surface area contributed by atoms with Crippen LogP contribution in [0.2, 0.25) is 0 Å². The average molecular weight is 463 g/mol. The number of piperidine rings is 1. The SMILES string of the molecule is CCOc1ccc(NC(=O)Cc2ccc(OC)c(OC)c2)cc1S(=O)(=O)N1CCCCC1. The fourth-order valence-electron chi connectivity index (χ4n) is 3.69. The van der Waals surface area contributed by atoms with Gasteiger partial charge in [0.25, 0.3) is 0 Å². The van der Waals surface area contributed by atoms with E-state index in [1.54, 1.807) is 44.4 Å². The van der Waals surface area contributed by atoms with E-state index in [0.717, 1.165) is 24.8 Å². The minimum atomic E-state index is -3.72. The minimum Gasteiger partial charge on any atom is -0.493 e. The molecule has 0 spiro atoms. The van der Waals surface area contributed by atoms with Gasteiger partial charge in [0.2, 0.25) is 15.9 Å². The minimum absolute atomic E-state index is 0.0742. The standard InChI is InChI=1S/C23H30N2O6S/c1-4-31-20-11-9-18(16-22(20)32(27,28)25-12-6-5-7-13-25)24-23(26)15-17-8-10-19(29-2)21(14-17)30-3/h8-11,14,16H,4-7,12-13,15H2,1-3H3,(H,24,26). The zero-order valence-corrected chi connectivity index (χ0v) is 19.5. The number of carbonyl (C=O) groups is 1. The molecule has 3 rings (SSSR count). The molecule has 1 amide bonds. The first-order valence-corrected chi connectivity index (χ1v) is 12.1. The first-order chi connectivity index (χ1) is 15.4. The molecule has 1 aliphatic heterocycles. The van der Waals surface area contributed by atoms with Crippen molar-refractivity contribution in [2.75, 3.05) is 39.2 Å². The number of hydrogen-bond acceptors (Lipinski definition) is 6. The molecule has 1 saturated heterocycles. The molecule has 0 atom stereocenters. The molecule has 1 N–H and O–H groups in total. The zero-order valence-electron chi connectivity index (χ0n) is 18.7. The summed E-state index contributed by atoms with van der Waals surface area (Å²) in [6.45, 7) is 3.12. The number of ether oxygens (including phenoxy) is 3. The quantitative estimate of drug-likeness (QED) is 0.613. The number of sulfonamides is 1. The lowest BCUT2D eigenvalue weighted by Crippen LogP contribution is -2.35. The monoisotopic (exact) mass is 462 g/mol. The van der Waals surface area contributed by atoms with E-state index in [4.69, 9.17) is 14.2 Å². The average Bonchev–Trinajstić information content (AvgIpc) is 2.80. The molecule has 174 valence electrons. The van der Waals surface area contributed by atoms with Crippen LogP contribution >= 0.6 is 0 Å². The van der Waals surface area contributed by atoms with E-state index in [1.165, 1.54) is 17.5 Å². The molecule has 1 fully saturated rings. The van der Waals surface area contributed by atoms with Crippen LogP contribution in [0, 0.1) is 0 Å². The van der Waals surface area contributed by atoms with E-state index in [9.17, 15) is 13.2 Å². The van der Waals surface area contributed by atoms with Gasteiger partial charge >= 0.3 is 0 Å². The Morgan fingerprint density at radius 2 is 1.66 bits per heavy atom. The molecule has 0 unspecified atom stereocenters. The summed E-state index contributed by atoms with van der Waals surface area (Å²) in [5.74, 6) is 1.13. The van der Waals surface area contributed by atoms with E-state index in [-0.39, 0.29) is 23.0 Å². The van der Waals surface area contributed by atoms with Gasteiger partial charge in [-0.1, -0.05) is 12.5 Å². The number of methoxy groups -OCH3 is 2. The molecule has 0 radical (unpaired) electrons. The number of carbonyl (C=O) groups excluding carboxylic acids is 1. The highest BCUT2D eigenvalue weighted by Crippen LogP contribution is 2.32. The van der Waals surface area contributed by atoms with Crippen molar-refractivity contribution in [2.24, 2.45) is 0 Å². The topological polar surface area (TPSA) is 94.2 Å². The Morgan fingerprint density at radius 3 is 2.31 bits per heavy atom. The zero-order chi connectivity index (χ0) is 23.1. The van der Waals surface area contributed by atoms with Crippen molar-refractivity contribution in [3.05, 3.63) is 42.0 Å². The molecular formula is C23H30N2O6S. The Bertz CT molecular complexity index is 1050. The van der Waals surface area contributed by atoms with Gasteiger partial charge in [-0.3, -0.25) is 4.79 Å². The number of benzene rings is 2. The molecule has 0 saturated carbocycles. The number of amides is 1. The highest BCUT2D eigenvalue weighted by atomic mass is 32.2. The van der Waals surface area contributed by atoms with Gasteiger partial charge in [-0.2, -0.15) is 4.31 Å². The summed E-state index contributed by atoms with van der Waals surface area (Å²) in [6.07, 6.45) is 2.80. The van der Waals surface area contributed by atoms with E-state index in [1.807, 2.05) is 0 Å². The third kappa shape index (κ3) is 5.52. The van der Waals surface area contributed by atoms with E-state index < -0.39 is 10.0 Å². The number of rotatable bonds is 9. The maximum atomic E-state index is 13.3. The van der Waals surface area contributed by atoms with Gasteiger partial charge < -0.3 is 19.5 Å². The molecule has 2 aromatic carbocycles. The van der Waals surface area contributed by atoms with Gasteiger partial charge in [0, 0.05) is 18.8 Å². The van der Waals surface area contributed by atoms with Gasteiger partial charge in [-0.05, 0) is 55.7 Å². The Kier molecular flexibility index (Phi) is 7.98. The van der Waals surface area contributed by atoms with Crippen molar-refractivity contribution in [1.82, 2.24) is 4.31 Å². The molecule has 9 heteroatoms. The van der Waals surface area contributed by atoms with Gasteiger partial charge in [-0.25, -0.2) is 8.42 Å². The van der Waals surface area contributed by atoms with E-state index >= 15 is 0 Å². The van der Waals surface area contributed by atoms with Crippen LogP contribution < -0.4 is 19.5 Å². The maximum Gasteiger partial charge on any atom is 0.246 e. The summed E-state index contributed by atoms with van der Waals surface area (Å²) in [7, 11) is -0.641. The summed E-state index contributed by atoms with van der Waals surface area (Å²) < 4.78 is 44.1. The van der Waals surface area contributed by atoms with Crippen LogP contribution in [-0.4, -0.2) is 52.5 Å². The van der Waals surface area contributed by atoms with Gasteiger partial charge in [0.1, 0.15) is 10.6 Å². The maximum absolute atomic E-state index is 13.3. The predicted octanol–water partition coefficient (Wildman–Crippen LogP) is 3.46. The fraction of sp³-hybridized carbons (Fsp3) is 0.435. The van der Waals surface area contributed by atoms with Gasteiger partial charge in [0.15, 0.2) is 11.5 Å². The first kappa shape index (κ1) is 23.9. The molecule has 0 aliphatic carbocycles. The smallest absolute Gasteiger partial charge is 0.246 e. The highest BCUT2D eigenvalue weighted by molar-refractivity contribution is 7.89. The molecule has 32 heavy (non-hydrogen) atoms. The summed E-state index contributed by atoms with van der Waals surface area (Å²) in [5, 5.41) is 2.79. The number of nitrogens with one attached hydrogen (secondary N) is 1. The Labute approximate surface area is 189 Å². The molecule has 8 nitrogen and oxygen atoms in total. The number of hydrogen-bond donors (Lipinski definition) is 1. The third-order valence-corrected chi connectivity index (χ3v) is 7.19. The second-order valence-electron chi connectivity index (χ2n) is 7.47. The lowest BCUT2D eigenvalue weighted by molar-refractivity contribution is -0.115. The van der Waals surface area contributed by atoms with Crippen molar-refractivity contribution in [3.8, 4) is 17.2 Å². The molecule has 2 aromatic rings. The summed E-state index contributed by atoms with van der Waals surface area (Å²) in [4.78, 5) is 12.7. The van der Waals surface area contributed by atoms with Crippen molar-refractivity contribution in [1.29, 1.82) is 0 Å². The van der Waals surface area contributed by atoms with Crippen LogP contribution in [0.4, 0.5) is 5.69 Å². The second kappa shape index (κ2) is 10.7. The van der Waals surface area contributed by atoms with Crippen LogP contribution in [-0.2, 0) is 21.2 Å². The van der Waals surface area contributed by atoms with E-state index in [2.05, 4.69) is 5.32 Å². The predicted molar refractivity (Wildman–Crippen MR) is 122 cm³/mol. The number of nitrogens with zero attached hydrogens (tertiary/aromatic N) is 1. The van der Waals surface area contributed by atoms with Crippen LogP contribution in [0.15, 0.2) is 41.3 Å². The lowest BCUT2D eigenvalue weighted by Gasteiger charge is -2.27. The first-order valence-electron chi connectivity index (χ1n) is 10.7. The highest BCUT2D eigenvalue weighted by Gasteiger charge is 2.29. The summed E-state index contributed by atoms with van der Waals surface area (Å²) in [5.41, 5.74) is 1.14. The van der Waals surface area contributed by atoms with Crippen LogP contribution in [0.5, 0.6) is 17.2 Å². The summed E-state index contributed by atoms with van der Waals surface area (Å²) in [6, 6.07) is 9.97. The van der Waals surface area contributed by atoms with E-state index in [0.29, 0.717) is 36.9 Å².